The minimum Gasteiger partial charge on any atom is -0.461 e. The fourth-order valence-corrected chi connectivity index (χ4v) is 6.45. The van der Waals surface area contributed by atoms with E-state index in [0.717, 1.165) is 6.42 Å². The monoisotopic (exact) mass is 730 g/mol. The Hall–Kier alpha value is -4.68. The molecule has 53 heavy (non-hydrogen) atoms. The number of allylic oxidation sites excluding steroid dienone is 2. The number of esters is 2. The van der Waals surface area contributed by atoms with Gasteiger partial charge in [-0.15, -0.1) is 18.8 Å². The first-order valence-corrected chi connectivity index (χ1v) is 18.5. The van der Waals surface area contributed by atoms with Crippen molar-refractivity contribution >= 4 is 18.0 Å². The molecular formula is C42H54N2O9. The van der Waals surface area contributed by atoms with Gasteiger partial charge in [-0.3, -0.25) is 14.6 Å². The van der Waals surface area contributed by atoms with E-state index in [1.807, 2.05) is 42.5 Å². The van der Waals surface area contributed by atoms with Gasteiger partial charge in [-0.25, -0.2) is 4.79 Å². The van der Waals surface area contributed by atoms with Gasteiger partial charge in [0.05, 0.1) is 30.6 Å². The molecular weight excluding hydrogens is 676 g/mol. The molecule has 1 aliphatic rings. The second-order valence-corrected chi connectivity index (χ2v) is 13.4. The van der Waals surface area contributed by atoms with E-state index in [2.05, 4.69) is 22.1 Å². The van der Waals surface area contributed by atoms with Gasteiger partial charge in [0.1, 0.15) is 13.2 Å². The van der Waals surface area contributed by atoms with E-state index in [-0.39, 0.29) is 50.2 Å². The van der Waals surface area contributed by atoms with Crippen LogP contribution >= 0.6 is 0 Å². The quantitative estimate of drug-likeness (QED) is 0.0516. The third-order valence-electron chi connectivity index (χ3n) is 9.43. The summed E-state index contributed by atoms with van der Waals surface area (Å²) in [6.07, 6.45) is 20.1. The van der Waals surface area contributed by atoms with Crippen molar-refractivity contribution in [3.05, 3.63) is 71.1 Å². The van der Waals surface area contributed by atoms with Gasteiger partial charge >= 0.3 is 18.0 Å². The molecule has 5 atom stereocenters. The summed E-state index contributed by atoms with van der Waals surface area (Å²) in [5.41, 5.74) is 2.34. The fourth-order valence-electron chi connectivity index (χ4n) is 6.45. The summed E-state index contributed by atoms with van der Waals surface area (Å²) in [5, 5.41) is 34.3. The number of pyridine rings is 1. The zero-order chi connectivity index (χ0) is 38.4. The maximum atomic E-state index is 13.0. The van der Waals surface area contributed by atoms with Crippen molar-refractivity contribution in [3.63, 3.8) is 0 Å². The van der Waals surface area contributed by atoms with Gasteiger partial charge in [0.25, 0.3) is 0 Å². The lowest BCUT2D eigenvalue weighted by Gasteiger charge is -2.23. The van der Waals surface area contributed by atoms with Crippen LogP contribution in [0, 0.1) is 43.4 Å². The van der Waals surface area contributed by atoms with Crippen LogP contribution in [-0.2, 0) is 38.7 Å². The summed E-state index contributed by atoms with van der Waals surface area (Å²) < 4.78 is 16.5. The number of aliphatic hydroxyl groups excluding tert-OH is 3. The topological polar surface area (TPSA) is 165 Å². The third-order valence-corrected chi connectivity index (χ3v) is 9.43. The lowest BCUT2D eigenvalue weighted by molar-refractivity contribution is -0.145. The van der Waals surface area contributed by atoms with Crippen LogP contribution in [0.25, 0.3) is 0 Å². The largest absolute Gasteiger partial charge is 0.461 e. The highest BCUT2D eigenvalue weighted by Crippen LogP contribution is 2.38. The number of amides is 1. The van der Waals surface area contributed by atoms with Crippen molar-refractivity contribution in [2.75, 3.05) is 6.54 Å². The fraction of sp³-hybridized carbons (Fsp3) is 0.524. The number of terminal acetylenes is 2. The second-order valence-electron chi connectivity index (χ2n) is 13.4. The molecule has 11 heteroatoms. The SMILES string of the molecule is C#CCCCCC(=O)OCc1c(COC(=O)NCC#C)cnc(C)c1OC(=O)CCC/C=C\C[C@@H]1[C@@H](CC[C@@H](O)CCc2ccccc2)[C@H](O)C[C@@H]1O. The summed E-state index contributed by atoms with van der Waals surface area (Å²) in [5.74, 6) is 3.80. The van der Waals surface area contributed by atoms with Gasteiger partial charge in [0, 0.05) is 36.6 Å². The zero-order valence-corrected chi connectivity index (χ0v) is 30.7. The Morgan fingerprint density at radius 3 is 2.47 bits per heavy atom. The van der Waals surface area contributed by atoms with E-state index in [9.17, 15) is 29.7 Å². The molecule has 1 aromatic heterocycles. The molecule has 2 aromatic rings. The number of aliphatic hydroxyl groups is 3. The molecule has 3 rings (SSSR count). The van der Waals surface area contributed by atoms with Crippen molar-refractivity contribution in [2.45, 2.75) is 122 Å². The number of hydrogen-bond acceptors (Lipinski definition) is 10. The average Bonchev–Trinajstić information content (AvgIpc) is 3.42. The minimum absolute atomic E-state index is 0.0136. The average molecular weight is 731 g/mol. The lowest BCUT2D eigenvalue weighted by Crippen LogP contribution is -2.24. The first-order valence-electron chi connectivity index (χ1n) is 18.5. The van der Waals surface area contributed by atoms with Gasteiger partial charge in [0.2, 0.25) is 0 Å². The van der Waals surface area contributed by atoms with E-state index >= 15 is 0 Å². The molecule has 11 nitrogen and oxygen atoms in total. The Morgan fingerprint density at radius 1 is 0.962 bits per heavy atom. The summed E-state index contributed by atoms with van der Waals surface area (Å²) in [6, 6.07) is 10.0. The molecule has 0 radical (unpaired) electrons. The highest BCUT2D eigenvalue weighted by molar-refractivity contribution is 5.73. The summed E-state index contributed by atoms with van der Waals surface area (Å²) in [4.78, 5) is 41.7. The smallest absolute Gasteiger partial charge is 0.408 e. The van der Waals surface area contributed by atoms with Crippen LogP contribution in [0.4, 0.5) is 4.79 Å². The van der Waals surface area contributed by atoms with Crippen molar-refractivity contribution in [1.29, 1.82) is 0 Å². The Kier molecular flexibility index (Phi) is 19.2. The number of nitrogens with one attached hydrogen (secondary N) is 1. The molecule has 1 fully saturated rings. The maximum Gasteiger partial charge on any atom is 0.408 e. The van der Waals surface area contributed by atoms with Gasteiger partial charge in [-0.05, 0) is 88.5 Å². The predicted molar refractivity (Wildman–Crippen MR) is 200 cm³/mol. The van der Waals surface area contributed by atoms with Crippen molar-refractivity contribution in [1.82, 2.24) is 10.3 Å². The van der Waals surface area contributed by atoms with Crippen LogP contribution in [-0.4, -0.2) is 63.2 Å². The molecule has 1 aliphatic carbocycles. The molecule has 0 spiro atoms. The Labute approximate surface area is 313 Å². The summed E-state index contributed by atoms with van der Waals surface area (Å²) in [7, 11) is 0. The van der Waals surface area contributed by atoms with Gasteiger partial charge in [-0.1, -0.05) is 48.4 Å². The molecule has 0 saturated heterocycles. The van der Waals surface area contributed by atoms with Gasteiger partial charge < -0.3 is 34.8 Å². The van der Waals surface area contributed by atoms with E-state index in [1.54, 1.807) is 6.92 Å². The van der Waals surface area contributed by atoms with E-state index in [4.69, 9.17) is 27.1 Å². The number of alkyl carbamates (subject to hydrolysis) is 1. The number of carbonyl (C=O) groups is 3. The predicted octanol–water partition coefficient (Wildman–Crippen LogP) is 5.64. The van der Waals surface area contributed by atoms with Crippen LogP contribution in [0.3, 0.4) is 0 Å². The van der Waals surface area contributed by atoms with Crippen LogP contribution < -0.4 is 10.1 Å². The number of aromatic nitrogens is 1. The highest BCUT2D eigenvalue weighted by atomic mass is 16.6. The summed E-state index contributed by atoms with van der Waals surface area (Å²) >= 11 is 0. The third kappa shape index (κ3) is 15.4. The van der Waals surface area contributed by atoms with Gasteiger partial charge in [-0.2, -0.15) is 0 Å². The molecule has 1 amide bonds. The number of hydrogen-bond donors (Lipinski definition) is 4. The van der Waals surface area contributed by atoms with E-state index in [0.29, 0.717) is 81.0 Å². The zero-order valence-electron chi connectivity index (χ0n) is 30.7. The van der Waals surface area contributed by atoms with Crippen LogP contribution in [0.5, 0.6) is 5.75 Å². The molecule has 1 saturated carbocycles. The second kappa shape index (κ2) is 23.8. The number of carbonyl (C=O) groups excluding carboxylic acids is 3. The molecule has 0 bridgehead atoms. The number of benzene rings is 1. The minimum atomic E-state index is -0.742. The standard InChI is InChI=1S/C42H54N2O9/c1-4-6-7-14-19-39(48)51-29-36-32(28-52-42(50)43-25-5-2)27-44-30(3)41(36)53-40(49)20-15-9-8-13-18-34-35(38(47)26-37(34)46)24-23-33(45)22-21-31-16-11-10-12-17-31/h1-2,8,10-13,16-17,27,33-35,37-38,45-47H,6-7,9,14-15,18-26,28-29H2,3H3,(H,43,50)/b13-8-/t33-,34+,35+,37-,38+/m0/s1. The van der Waals surface area contributed by atoms with Crippen LogP contribution in [0.1, 0.15) is 99.4 Å². The number of aryl methyl sites for hydroxylation is 2. The maximum absolute atomic E-state index is 13.0. The van der Waals surface area contributed by atoms with Crippen LogP contribution in [0.2, 0.25) is 0 Å². The molecule has 286 valence electrons. The number of unbranched alkanes of at least 4 members (excludes halogenated alkanes) is 3. The number of rotatable bonds is 22. The van der Waals surface area contributed by atoms with E-state index in [1.165, 1.54) is 11.8 Å². The molecule has 1 heterocycles. The Bertz CT molecular complexity index is 1560. The summed E-state index contributed by atoms with van der Waals surface area (Å²) in [6.45, 7) is 1.20. The Balaban J connectivity index is 1.51. The molecule has 0 unspecified atom stereocenters. The molecule has 1 aromatic carbocycles. The van der Waals surface area contributed by atoms with Crippen molar-refractivity contribution in [2.24, 2.45) is 11.8 Å². The van der Waals surface area contributed by atoms with Gasteiger partial charge in [0.15, 0.2) is 5.75 Å². The highest BCUT2D eigenvalue weighted by Gasteiger charge is 2.40. The Morgan fingerprint density at radius 2 is 1.72 bits per heavy atom. The van der Waals surface area contributed by atoms with Crippen LogP contribution in [0.15, 0.2) is 48.7 Å². The number of nitrogens with zero attached hydrogens (tertiary/aromatic N) is 1. The molecule has 0 aliphatic heterocycles. The molecule has 4 N–H and O–H groups in total. The van der Waals surface area contributed by atoms with Crippen molar-refractivity contribution < 1.29 is 43.9 Å². The van der Waals surface area contributed by atoms with Crippen molar-refractivity contribution in [3.8, 4) is 30.4 Å². The first-order chi connectivity index (χ1) is 25.6. The number of ether oxygens (including phenoxy) is 3. The first kappa shape index (κ1) is 42.7. The normalized spacial score (nSPS) is 18.5. The van der Waals surface area contributed by atoms with E-state index < -0.39 is 36.3 Å². The lowest BCUT2D eigenvalue weighted by atomic mass is 9.85.